The van der Waals surface area contributed by atoms with Gasteiger partial charge < -0.3 is 9.84 Å². The monoisotopic (exact) mass is 426 g/mol. The Labute approximate surface area is 164 Å². The third-order valence-electron chi connectivity index (χ3n) is 4.25. The van der Waals surface area contributed by atoms with Crippen molar-refractivity contribution in [2.45, 2.75) is 19.1 Å². The van der Waals surface area contributed by atoms with Crippen LogP contribution in [0, 0.1) is 23.3 Å². The Bertz CT molecular complexity index is 1170. The van der Waals surface area contributed by atoms with Gasteiger partial charge in [0.2, 0.25) is 0 Å². The van der Waals surface area contributed by atoms with Gasteiger partial charge in [0, 0.05) is 0 Å². The molecule has 11 heteroatoms. The zero-order chi connectivity index (χ0) is 20.9. The minimum Gasteiger partial charge on any atom is -0.481 e. The third-order valence-corrected chi connectivity index (χ3v) is 5.24. The van der Waals surface area contributed by atoms with E-state index >= 15 is 0 Å². The molecular weight excluding hydrogens is 416 g/mol. The summed E-state index contributed by atoms with van der Waals surface area (Å²) < 4.78 is 60.5. The van der Waals surface area contributed by atoms with Crippen LogP contribution in [-0.2, 0) is 16.1 Å². The van der Waals surface area contributed by atoms with Crippen molar-refractivity contribution >= 4 is 39.1 Å². The summed E-state index contributed by atoms with van der Waals surface area (Å²) in [6.07, 6.45) is -2.06. The van der Waals surface area contributed by atoms with Gasteiger partial charge in [0.25, 0.3) is 5.91 Å². The molecule has 2 heterocycles. The molecule has 1 aliphatic heterocycles. The summed E-state index contributed by atoms with van der Waals surface area (Å²) in [5.74, 6) is -7.49. The first-order valence-corrected chi connectivity index (χ1v) is 8.99. The van der Waals surface area contributed by atoms with Crippen LogP contribution in [0.4, 0.5) is 23.2 Å². The lowest BCUT2D eigenvalue weighted by molar-refractivity contribution is -0.142. The van der Waals surface area contributed by atoms with Gasteiger partial charge in [0.1, 0.15) is 22.0 Å². The molecule has 150 valence electrons. The summed E-state index contributed by atoms with van der Waals surface area (Å²) in [6.45, 7) is -0.367. The Morgan fingerprint density at radius 1 is 1.21 bits per heavy atom. The Morgan fingerprint density at radius 3 is 2.69 bits per heavy atom. The quantitative estimate of drug-likeness (QED) is 0.509. The van der Waals surface area contributed by atoms with Gasteiger partial charge in [-0.05, 0) is 18.2 Å². The zero-order valence-corrected chi connectivity index (χ0v) is 15.1. The van der Waals surface area contributed by atoms with E-state index in [1.165, 1.54) is 12.1 Å². The number of hydrogen-bond acceptors (Lipinski definition) is 5. The molecule has 1 aromatic heterocycles. The van der Waals surface area contributed by atoms with E-state index in [0.29, 0.717) is 0 Å². The molecule has 1 unspecified atom stereocenters. The van der Waals surface area contributed by atoms with Crippen LogP contribution in [0.25, 0.3) is 10.2 Å². The highest BCUT2D eigenvalue weighted by Gasteiger charge is 2.38. The number of benzene rings is 2. The Balaban J connectivity index is 1.77. The molecular formula is C18H10F4N2O4S. The SMILES string of the molecule is O=C(O)CC1Oc2cccc(F)c2N(Cc2nc3c(F)c(F)c(F)cc3s2)C1=O. The standard InChI is InChI=1S/C18H10F4N2O4S/c19-7-2-1-3-9-17(7)24(18(27)10(28-9)5-13(25)26)6-12-23-16-11(29-12)4-8(20)14(21)15(16)22/h1-4,10H,5-6H2,(H,25,26). The van der Waals surface area contributed by atoms with Gasteiger partial charge in [-0.15, -0.1) is 11.3 Å². The van der Waals surface area contributed by atoms with Gasteiger partial charge in [0.05, 0.1) is 17.7 Å². The number of carbonyl (C=O) groups is 2. The van der Waals surface area contributed by atoms with Gasteiger partial charge in [-0.3, -0.25) is 14.5 Å². The fourth-order valence-electron chi connectivity index (χ4n) is 3.01. The number of nitrogens with zero attached hydrogens (tertiary/aromatic N) is 2. The van der Waals surface area contributed by atoms with Gasteiger partial charge >= 0.3 is 5.97 Å². The van der Waals surface area contributed by atoms with Gasteiger partial charge in [-0.2, -0.15) is 0 Å². The van der Waals surface area contributed by atoms with Crippen molar-refractivity contribution in [2.75, 3.05) is 4.90 Å². The Morgan fingerprint density at radius 2 is 1.97 bits per heavy atom. The molecule has 0 saturated heterocycles. The Kier molecular flexibility index (Phi) is 4.61. The summed E-state index contributed by atoms with van der Waals surface area (Å²) in [5, 5.41) is 9.06. The van der Waals surface area contributed by atoms with Crippen LogP contribution in [0.15, 0.2) is 24.3 Å². The van der Waals surface area contributed by atoms with Crippen molar-refractivity contribution in [3.05, 3.63) is 52.5 Å². The number of hydrogen-bond donors (Lipinski definition) is 1. The van der Waals surface area contributed by atoms with Gasteiger partial charge in [0.15, 0.2) is 29.4 Å². The van der Waals surface area contributed by atoms with Crippen LogP contribution in [0.2, 0.25) is 0 Å². The molecule has 0 aliphatic carbocycles. The topological polar surface area (TPSA) is 79.7 Å². The number of rotatable bonds is 4. The molecule has 1 amide bonds. The summed E-state index contributed by atoms with van der Waals surface area (Å²) in [6, 6.07) is 4.56. The van der Waals surface area contributed by atoms with Gasteiger partial charge in [-0.25, -0.2) is 22.5 Å². The zero-order valence-electron chi connectivity index (χ0n) is 14.3. The number of carbonyl (C=O) groups excluding carboxylic acids is 1. The van der Waals surface area contributed by atoms with Crippen LogP contribution in [0.5, 0.6) is 5.75 Å². The lowest BCUT2D eigenvalue weighted by Gasteiger charge is -2.33. The predicted molar refractivity (Wildman–Crippen MR) is 93.8 cm³/mol. The molecule has 29 heavy (non-hydrogen) atoms. The average molecular weight is 426 g/mol. The summed E-state index contributed by atoms with van der Waals surface area (Å²) in [4.78, 5) is 28.6. The molecule has 3 aromatic rings. The first kappa shape index (κ1) is 19.1. The lowest BCUT2D eigenvalue weighted by atomic mass is 10.1. The maximum atomic E-state index is 14.4. The number of ether oxygens (including phenoxy) is 1. The van der Waals surface area contributed by atoms with E-state index in [1.54, 1.807) is 0 Å². The number of thiazole rings is 1. The first-order valence-electron chi connectivity index (χ1n) is 8.17. The van der Waals surface area contributed by atoms with Crippen molar-refractivity contribution in [3.63, 3.8) is 0 Å². The number of carboxylic acids is 1. The highest BCUT2D eigenvalue weighted by Crippen LogP contribution is 2.39. The number of para-hydroxylation sites is 1. The average Bonchev–Trinajstić information content (AvgIpc) is 3.05. The van der Waals surface area contributed by atoms with E-state index in [-0.39, 0.29) is 27.7 Å². The second-order valence-corrected chi connectivity index (χ2v) is 7.27. The summed E-state index contributed by atoms with van der Waals surface area (Å²) in [7, 11) is 0. The molecule has 1 N–H and O–H groups in total. The van der Waals surface area contributed by atoms with Crippen LogP contribution >= 0.6 is 11.3 Å². The molecule has 6 nitrogen and oxygen atoms in total. The minimum absolute atomic E-state index is 0.00736. The number of halogens is 4. The normalized spacial score (nSPS) is 16.1. The molecule has 0 fully saturated rings. The maximum absolute atomic E-state index is 14.4. The molecule has 1 atom stereocenters. The van der Waals surface area contributed by atoms with Crippen molar-refractivity contribution in [1.29, 1.82) is 0 Å². The summed E-state index contributed by atoms with van der Waals surface area (Å²) in [5.41, 5.74) is -0.642. The van der Waals surface area contributed by atoms with Crippen molar-refractivity contribution < 1.29 is 37.0 Å². The van der Waals surface area contributed by atoms with Crippen molar-refractivity contribution in [2.24, 2.45) is 0 Å². The minimum atomic E-state index is -1.67. The predicted octanol–water partition coefficient (Wildman–Crippen LogP) is 3.62. The number of aliphatic carboxylic acids is 1. The van der Waals surface area contributed by atoms with E-state index in [0.717, 1.165) is 28.4 Å². The first-order chi connectivity index (χ1) is 13.8. The van der Waals surface area contributed by atoms with Gasteiger partial charge in [-0.1, -0.05) is 6.07 Å². The smallest absolute Gasteiger partial charge is 0.307 e. The molecule has 0 bridgehead atoms. The number of carboxylic acid groups (broad SMARTS) is 1. The van der Waals surface area contributed by atoms with E-state index < -0.39 is 53.2 Å². The molecule has 0 radical (unpaired) electrons. The fourth-order valence-corrected chi connectivity index (χ4v) is 3.99. The van der Waals surface area contributed by atoms with Crippen LogP contribution in [0.1, 0.15) is 11.4 Å². The van der Waals surface area contributed by atoms with E-state index in [4.69, 9.17) is 9.84 Å². The van der Waals surface area contributed by atoms with Crippen molar-refractivity contribution in [1.82, 2.24) is 4.98 Å². The van der Waals surface area contributed by atoms with E-state index in [9.17, 15) is 27.2 Å². The Hall–Kier alpha value is -3.21. The molecule has 1 aliphatic rings. The van der Waals surface area contributed by atoms with Crippen LogP contribution < -0.4 is 9.64 Å². The molecule has 2 aromatic carbocycles. The largest absolute Gasteiger partial charge is 0.481 e. The fraction of sp³-hybridized carbons (Fsp3) is 0.167. The number of amides is 1. The lowest BCUT2D eigenvalue weighted by Crippen LogP contribution is -2.46. The molecule has 4 rings (SSSR count). The second kappa shape index (κ2) is 6.99. The highest BCUT2D eigenvalue weighted by molar-refractivity contribution is 7.18. The number of anilines is 1. The van der Waals surface area contributed by atoms with Crippen LogP contribution in [-0.4, -0.2) is 28.1 Å². The van der Waals surface area contributed by atoms with Crippen molar-refractivity contribution in [3.8, 4) is 5.75 Å². The molecule has 0 spiro atoms. The third kappa shape index (κ3) is 3.27. The van der Waals surface area contributed by atoms with E-state index in [2.05, 4.69) is 4.98 Å². The number of fused-ring (bicyclic) bond motifs is 2. The van der Waals surface area contributed by atoms with E-state index in [1.807, 2.05) is 0 Å². The molecule has 0 saturated carbocycles. The van der Waals surface area contributed by atoms with Crippen LogP contribution in [0.3, 0.4) is 0 Å². The second-order valence-electron chi connectivity index (χ2n) is 6.16. The maximum Gasteiger partial charge on any atom is 0.307 e. The number of aromatic nitrogens is 1. The highest BCUT2D eigenvalue weighted by atomic mass is 32.1. The summed E-state index contributed by atoms with van der Waals surface area (Å²) >= 11 is 0.794.